The second kappa shape index (κ2) is 4.71. The van der Waals surface area contributed by atoms with Gasteiger partial charge in [-0.3, -0.25) is 4.98 Å². The van der Waals surface area contributed by atoms with Crippen LogP contribution in [0.1, 0.15) is 17.2 Å². The fourth-order valence-corrected chi connectivity index (χ4v) is 1.63. The summed E-state index contributed by atoms with van der Waals surface area (Å²) in [7, 11) is 1.72. The van der Waals surface area contributed by atoms with E-state index >= 15 is 0 Å². The molecule has 2 aromatic rings. The minimum atomic E-state index is -0.00537. The van der Waals surface area contributed by atoms with E-state index in [-0.39, 0.29) is 6.10 Å². The lowest BCUT2D eigenvalue weighted by atomic mass is 10.0. The van der Waals surface area contributed by atoms with Crippen LogP contribution in [-0.4, -0.2) is 12.1 Å². The number of aromatic nitrogens is 1. The van der Waals surface area contributed by atoms with Crippen LogP contribution in [0.25, 0.3) is 0 Å². The lowest BCUT2D eigenvalue weighted by Crippen LogP contribution is -2.02. The predicted molar refractivity (Wildman–Crippen MR) is 59.5 cm³/mol. The van der Waals surface area contributed by atoms with Crippen molar-refractivity contribution in [3.8, 4) is 0 Å². The largest absolute Gasteiger partial charge is 0.372 e. The van der Waals surface area contributed by atoms with Crippen LogP contribution in [0.2, 0.25) is 0 Å². The molecule has 2 heteroatoms. The molecule has 1 atom stereocenters. The van der Waals surface area contributed by atoms with Gasteiger partial charge in [-0.1, -0.05) is 30.3 Å². The third-order valence-corrected chi connectivity index (χ3v) is 2.35. The summed E-state index contributed by atoms with van der Waals surface area (Å²) in [6.45, 7) is 0. The number of nitrogens with zero attached hydrogens (tertiary/aromatic N) is 1. The van der Waals surface area contributed by atoms with E-state index in [0.29, 0.717) is 0 Å². The smallest absolute Gasteiger partial charge is 0.107 e. The average molecular weight is 199 g/mol. The molecule has 15 heavy (non-hydrogen) atoms. The first-order chi connectivity index (χ1) is 7.42. The molecule has 1 aromatic carbocycles. The Hall–Kier alpha value is -1.67. The van der Waals surface area contributed by atoms with Crippen molar-refractivity contribution in [2.24, 2.45) is 0 Å². The summed E-state index contributed by atoms with van der Waals surface area (Å²) >= 11 is 0. The molecule has 0 bridgehead atoms. The van der Waals surface area contributed by atoms with Gasteiger partial charge in [0.25, 0.3) is 0 Å². The molecular weight excluding hydrogens is 186 g/mol. The molecule has 0 aliphatic heterocycles. The summed E-state index contributed by atoms with van der Waals surface area (Å²) in [5, 5.41) is 0. The van der Waals surface area contributed by atoms with Crippen LogP contribution in [0.4, 0.5) is 0 Å². The molecule has 1 aromatic heterocycles. The lowest BCUT2D eigenvalue weighted by molar-refractivity contribution is 0.136. The highest BCUT2D eigenvalue weighted by Crippen LogP contribution is 2.23. The minimum Gasteiger partial charge on any atom is -0.372 e. The van der Waals surface area contributed by atoms with Crippen molar-refractivity contribution in [2.75, 3.05) is 7.11 Å². The Balaban J connectivity index is 2.34. The first-order valence-corrected chi connectivity index (χ1v) is 4.89. The first-order valence-electron chi connectivity index (χ1n) is 4.89. The molecule has 0 aliphatic carbocycles. The highest BCUT2D eigenvalue weighted by molar-refractivity contribution is 5.28. The van der Waals surface area contributed by atoms with Gasteiger partial charge in [0, 0.05) is 19.5 Å². The molecule has 2 rings (SSSR count). The maximum absolute atomic E-state index is 5.49. The normalized spacial score (nSPS) is 12.3. The molecule has 0 spiro atoms. The number of methoxy groups -OCH3 is 1. The zero-order valence-electron chi connectivity index (χ0n) is 8.63. The first kappa shape index (κ1) is 9.87. The van der Waals surface area contributed by atoms with Gasteiger partial charge in [-0.05, 0) is 23.3 Å². The van der Waals surface area contributed by atoms with Gasteiger partial charge in [0.2, 0.25) is 0 Å². The van der Waals surface area contributed by atoms with Crippen LogP contribution in [-0.2, 0) is 4.74 Å². The van der Waals surface area contributed by atoms with Crippen molar-refractivity contribution in [3.05, 3.63) is 66.0 Å². The summed E-state index contributed by atoms with van der Waals surface area (Å²) in [5.74, 6) is 0. The molecule has 0 aliphatic rings. The van der Waals surface area contributed by atoms with Crippen LogP contribution in [0.15, 0.2) is 54.9 Å². The second-order valence-electron chi connectivity index (χ2n) is 3.31. The van der Waals surface area contributed by atoms with Crippen LogP contribution >= 0.6 is 0 Å². The van der Waals surface area contributed by atoms with E-state index in [1.807, 2.05) is 30.3 Å². The molecule has 0 amide bonds. The standard InChI is InChI=1S/C13H13NO/c1-15-13(11-5-3-2-4-6-11)12-7-9-14-10-8-12/h2-10,13H,1H3/t13-/m0/s1. The molecule has 1 heterocycles. The third-order valence-electron chi connectivity index (χ3n) is 2.35. The SMILES string of the molecule is CO[C@@H](c1ccccc1)c1ccncc1. The van der Waals surface area contributed by atoms with Crippen molar-refractivity contribution < 1.29 is 4.74 Å². The highest BCUT2D eigenvalue weighted by Gasteiger charge is 2.11. The number of hydrogen-bond donors (Lipinski definition) is 0. The Morgan fingerprint density at radius 1 is 0.933 bits per heavy atom. The van der Waals surface area contributed by atoms with Gasteiger partial charge in [0.1, 0.15) is 6.10 Å². The van der Waals surface area contributed by atoms with Gasteiger partial charge in [-0.2, -0.15) is 0 Å². The molecule has 0 N–H and O–H groups in total. The molecule has 0 saturated carbocycles. The van der Waals surface area contributed by atoms with Crippen molar-refractivity contribution in [1.82, 2.24) is 4.98 Å². The maximum Gasteiger partial charge on any atom is 0.107 e. The van der Waals surface area contributed by atoms with Gasteiger partial charge >= 0.3 is 0 Å². The summed E-state index contributed by atoms with van der Waals surface area (Å²) in [5.41, 5.74) is 2.28. The van der Waals surface area contributed by atoms with E-state index in [1.165, 1.54) is 0 Å². The molecule has 0 unspecified atom stereocenters. The van der Waals surface area contributed by atoms with Crippen molar-refractivity contribution in [2.45, 2.75) is 6.10 Å². The number of benzene rings is 1. The Bertz CT molecular complexity index is 360. The predicted octanol–water partition coefficient (Wildman–Crippen LogP) is 2.82. The zero-order chi connectivity index (χ0) is 10.5. The van der Waals surface area contributed by atoms with E-state index in [0.717, 1.165) is 11.1 Å². The summed E-state index contributed by atoms with van der Waals surface area (Å²) in [6, 6.07) is 14.1. The Morgan fingerprint density at radius 3 is 2.13 bits per heavy atom. The van der Waals surface area contributed by atoms with Crippen molar-refractivity contribution in [1.29, 1.82) is 0 Å². The second-order valence-corrected chi connectivity index (χ2v) is 3.31. The highest BCUT2D eigenvalue weighted by atomic mass is 16.5. The Labute approximate surface area is 89.6 Å². The van der Waals surface area contributed by atoms with Gasteiger partial charge in [0.05, 0.1) is 0 Å². The number of hydrogen-bond acceptors (Lipinski definition) is 2. The minimum absolute atomic E-state index is 0.00537. The maximum atomic E-state index is 5.49. The van der Waals surface area contributed by atoms with E-state index in [4.69, 9.17) is 4.74 Å². The zero-order valence-corrected chi connectivity index (χ0v) is 8.63. The summed E-state index contributed by atoms with van der Waals surface area (Å²) < 4.78 is 5.49. The molecular formula is C13H13NO. The fourth-order valence-electron chi connectivity index (χ4n) is 1.63. The van der Waals surface area contributed by atoms with Crippen molar-refractivity contribution in [3.63, 3.8) is 0 Å². The van der Waals surface area contributed by atoms with Crippen LogP contribution < -0.4 is 0 Å². The molecule has 2 nitrogen and oxygen atoms in total. The number of ether oxygens (including phenoxy) is 1. The molecule has 76 valence electrons. The van der Waals surface area contributed by atoms with E-state index < -0.39 is 0 Å². The van der Waals surface area contributed by atoms with Gasteiger partial charge in [-0.15, -0.1) is 0 Å². The monoisotopic (exact) mass is 199 g/mol. The molecule has 0 fully saturated rings. The number of pyridine rings is 1. The summed E-state index contributed by atoms with van der Waals surface area (Å²) in [6.07, 6.45) is 3.56. The summed E-state index contributed by atoms with van der Waals surface area (Å²) in [4.78, 5) is 4.00. The molecule has 0 radical (unpaired) electrons. The van der Waals surface area contributed by atoms with Crippen molar-refractivity contribution >= 4 is 0 Å². The van der Waals surface area contributed by atoms with Gasteiger partial charge in [0.15, 0.2) is 0 Å². The average Bonchev–Trinajstić information content (AvgIpc) is 2.33. The quantitative estimate of drug-likeness (QED) is 0.758. The fraction of sp³-hybridized carbons (Fsp3) is 0.154. The van der Waals surface area contributed by atoms with Gasteiger partial charge in [-0.25, -0.2) is 0 Å². The Morgan fingerprint density at radius 2 is 1.53 bits per heavy atom. The van der Waals surface area contributed by atoms with Crippen LogP contribution in [0.5, 0.6) is 0 Å². The van der Waals surface area contributed by atoms with Crippen LogP contribution in [0.3, 0.4) is 0 Å². The molecule has 0 saturated heterocycles. The van der Waals surface area contributed by atoms with E-state index in [2.05, 4.69) is 17.1 Å². The Kier molecular flexibility index (Phi) is 3.10. The lowest BCUT2D eigenvalue weighted by Gasteiger charge is -2.15. The topological polar surface area (TPSA) is 22.1 Å². The van der Waals surface area contributed by atoms with E-state index in [9.17, 15) is 0 Å². The van der Waals surface area contributed by atoms with Gasteiger partial charge < -0.3 is 4.74 Å². The number of rotatable bonds is 3. The van der Waals surface area contributed by atoms with E-state index in [1.54, 1.807) is 19.5 Å². The third kappa shape index (κ3) is 2.22. The van der Waals surface area contributed by atoms with Crippen LogP contribution in [0, 0.1) is 0 Å².